The van der Waals surface area contributed by atoms with E-state index in [1.165, 1.54) is 11.1 Å². The number of hydrogen-bond acceptors (Lipinski definition) is 3. The molecule has 0 unspecified atom stereocenters. The number of ether oxygens (including phenoxy) is 2. The highest BCUT2D eigenvalue weighted by Gasteiger charge is 2.60. The molecule has 21 heavy (non-hydrogen) atoms. The van der Waals surface area contributed by atoms with Gasteiger partial charge in [0.15, 0.2) is 5.78 Å². The summed E-state index contributed by atoms with van der Waals surface area (Å²) >= 11 is 0. The summed E-state index contributed by atoms with van der Waals surface area (Å²) in [5.41, 5.74) is 3.49. The molecular formula is C18H18O3. The van der Waals surface area contributed by atoms with Gasteiger partial charge in [0.25, 0.3) is 0 Å². The fourth-order valence-corrected chi connectivity index (χ4v) is 4.68. The third-order valence-corrected chi connectivity index (χ3v) is 5.42. The maximum atomic E-state index is 12.7. The predicted octanol–water partition coefficient (Wildman–Crippen LogP) is 3.47. The molecule has 2 aliphatic heterocycles. The van der Waals surface area contributed by atoms with E-state index >= 15 is 0 Å². The van der Waals surface area contributed by atoms with E-state index in [2.05, 4.69) is 38.1 Å². The molecule has 2 aliphatic carbocycles. The molecule has 1 aromatic rings. The molecular weight excluding hydrogens is 264 g/mol. The van der Waals surface area contributed by atoms with Crippen LogP contribution in [0.15, 0.2) is 35.6 Å². The molecule has 0 saturated carbocycles. The quantitative estimate of drug-likeness (QED) is 0.731. The van der Waals surface area contributed by atoms with E-state index in [4.69, 9.17) is 9.47 Å². The van der Waals surface area contributed by atoms with Gasteiger partial charge in [-0.1, -0.05) is 38.1 Å². The van der Waals surface area contributed by atoms with Gasteiger partial charge in [-0.25, -0.2) is 0 Å². The average molecular weight is 282 g/mol. The van der Waals surface area contributed by atoms with E-state index < -0.39 is 0 Å². The lowest BCUT2D eigenvalue weighted by molar-refractivity contribution is -0.130. The minimum absolute atomic E-state index is 0.00139. The maximum absolute atomic E-state index is 12.7. The highest BCUT2D eigenvalue weighted by molar-refractivity contribution is 5.98. The molecule has 1 fully saturated rings. The molecule has 1 saturated heterocycles. The van der Waals surface area contributed by atoms with Crippen LogP contribution in [-0.2, 0) is 14.3 Å². The lowest BCUT2D eigenvalue weighted by Gasteiger charge is -2.38. The number of carbonyl (C=O) groups excluding carboxylic acids is 1. The van der Waals surface area contributed by atoms with Crippen molar-refractivity contribution in [1.82, 2.24) is 0 Å². The molecule has 2 heterocycles. The number of benzene rings is 1. The van der Waals surface area contributed by atoms with Gasteiger partial charge >= 0.3 is 0 Å². The van der Waals surface area contributed by atoms with E-state index in [-0.39, 0.29) is 35.4 Å². The first kappa shape index (κ1) is 12.0. The number of fused-ring (bicyclic) bond motifs is 2. The van der Waals surface area contributed by atoms with Crippen LogP contribution in [0.2, 0.25) is 0 Å². The molecule has 3 nitrogen and oxygen atoms in total. The van der Waals surface area contributed by atoms with Crippen LogP contribution < -0.4 is 0 Å². The average Bonchev–Trinajstić information content (AvgIpc) is 2.86. The minimum Gasteiger partial charge on any atom is -0.468 e. The van der Waals surface area contributed by atoms with Gasteiger partial charge in [0, 0.05) is 24.3 Å². The molecule has 4 aliphatic rings. The number of Topliss-reactive ketones (excluding diaryl/α,β-unsaturated/α-hetero) is 1. The van der Waals surface area contributed by atoms with E-state index in [9.17, 15) is 4.79 Å². The first-order valence-electron chi connectivity index (χ1n) is 7.72. The Kier molecular flexibility index (Phi) is 2.05. The summed E-state index contributed by atoms with van der Waals surface area (Å²) in [6, 6.07) is 8.41. The van der Waals surface area contributed by atoms with Crippen LogP contribution in [0.4, 0.5) is 0 Å². The van der Waals surface area contributed by atoms with Gasteiger partial charge in [-0.05, 0) is 16.5 Å². The second-order valence-electron chi connectivity index (χ2n) is 7.50. The number of allylic oxidation sites excluding steroid dienone is 1. The van der Waals surface area contributed by atoms with Crippen molar-refractivity contribution in [3.05, 3.63) is 46.7 Å². The predicted molar refractivity (Wildman–Crippen MR) is 76.4 cm³/mol. The van der Waals surface area contributed by atoms with Crippen molar-refractivity contribution in [1.29, 1.82) is 0 Å². The molecule has 4 atom stereocenters. The van der Waals surface area contributed by atoms with Crippen molar-refractivity contribution in [2.45, 2.75) is 45.0 Å². The zero-order valence-electron chi connectivity index (χ0n) is 12.3. The van der Waals surface area contributed by atoms with Crippen LogP contribution >= 0.6 is 0 Å². The van der Waals surface area contributed by atoms with Gasteiger partial charge in [-0.2, -0.15) is 0 Å². The van der Waals surface area contributed by atoms with Crippen LogP contribution in [0.25, 0.3) is 0 Å². The topological polar surface area (TPSA) is 35.5 Å². The summed E-state index contributed by atoms with van der Waals surface area (Å²) in [4.78, 5) is 12.7. The van der Waals surface area contributed by atoms with Gasteiger partial charge in [-0.15, -0.1) is 0 Å². The molecule has 5 rings (SSSR count). The number of carbonyl (C=O) groups is 1. The van der Waals surface area contributed by atoms with Crippen LogP contribution in [0.3, 0.4) is 0 Å². The van der Waals surface area contributed by atoms with E-state index in [1.54, 1.807) is 0 Å². The van der Waals surface area contributed by atoms with Crippen molar-refractivity contribution >= 4 is 5.78 Å². The van der Waals surface area contributed by atoms with Crippen LogP contribution in [0, 0.1) is 11.3 Å². The van der Waals surface area contributed by atoms with Crippen molar-refractivity contribution in [3.8, 4) is 0 Å². The normalized spacial score (nSPS) is 38.1. The minimum atomic E-state index is -0.199. The third-order valence-electron chi connectivity index (χ3n) is 5.42. The Balaban J connectivity index is 1.67. The summed E-state index contributed by atoms with van der Waals surface area (Å²) in [6.07, 6.45) is 1.27. The Morgan fingerprint density at radius 1 is 1.10 bits per heavy atom. The zero-order valence-corrected chi connectivity index (χ0v) is 12.3. The van der Waals surface area contributed by atoms with E-state index in [0.29, 0.717) is 6.42 Å². The first-order valence-corrected chi connectivity index (χ1v) is 7.72. The largest absolute Gasteiger partial charge is 0.468 e. The maximum Gasteiger partial charge on any atom is 0.207 e. The molecule has 1 aromatic carbocycles. The molecule has 0 spiro atoms. The van der Waals surface area contributed by atoms with Crippen LogP contribution in [0.1, 0.15) is 49.8 Å². The lowest BCUT2D eigenvalue weighted by atomic mass is 9.70. The monoisotopic (exact) mass is 282 g/mol. The molecule has 0 amide bonds. The molecule has 4 bridgehead atoms. The molecule has 0 radical (unpaired) electrons. The summed E-state index contributed by atoms with van der Waals surface area (Å²) in [5.74, 6) is 1.55. The highest BCUT2D eigenvalue weighted by Crippen LogP contribution is 2.63. The third kappa shape index (κ3) is 1.40. The molecule has 0 aromatic heterocycles. The Bertz CT molecular complexity index is 700. The first-order chi connectivity index (χ1) is 10.1. The molecule has 108 valence electrons. The Labute approximate surface area is 123 Å². The van der Waals surface area contributed by atoms with Gasteiger partial charge in [-0.3, -0.25) is 4.79 Å². The number of ketones is 1. The second-order valence-corrected chi connectivity index (χ2v) is 7.50. The summed E-state index contributed by atoms with van der Waals surface area (Å²) in [7, 11) is 0. The van der Waals surface area contributed by atoms with Crippen molar-refractivity contribution in [3.63, 3.8) is 0 Å². The Hall–Kier alpha value is -1.61. The van der Waals surface area contributed by atoms with Gasteiger partial charge in [0.2, 0.25) is 6.29 Å². The van der Waals surface area contributed by atoms with Crippen LogP contribution in [-0.4, -0.2) is 12.1 Å². The summed E-state index contributed by atoms with van der Waals surface area (Å²) in [6.45, 7) is 4.28. The second kappa shape index (κ2) is 3.58. The van der Waals surface area contributed by atoms with Gasteiger partial charge < -0.3 is 9.47 Å². The SMILES string of the molecule is CC1(C)CC(=O)C2=C(C1)O[C@H]1O[C@@H]3c4ccccc4[C@H]1[C@@H]23. The van der Waals surface area contributed by atoms with Crippen molar-refractivity contribution in [2.75, 3.05) is 0 Å². The molecule has 0 N–H and O–H groups in total. The number of hydrogen-bond donors (Lipinski definition) is 0. The summed E-state index contributed by atoms with van der Waals surface area (Å²) < 4.78 is 12.2. The van der Waals surface area contributed by atoms with Crippen molar-refractivity contribution < 1.29 is 14.3 Å². The Morgan fingerprint density at radius 2 is 1.86 bits per heavy atom. The zero-order chi connectivity index (χ0) is 14.4. The standard InChI is InChI=1S/C18H18O3/c1-18(2)7-11(19)14-12(8-18)20-17-13-9-5-3-4-6-10(9)16(21-17)15(13)14/h3-6,13,15-17H,7-8H2,1-2H3/t13-,15-,16+,17-/m0/s1. The fraction of sp³-hybridized carbons (Fsp3) is 0.500. The van der Waals surface area contributed by atoms with E-state index in [0.717, 1.165) is 17.8 Å². The highest BCUT2D eigenvalue weighted by atomic mass is 16.7. The fourth-order valence-electron chi connectivity index (χ4n) is 4.68. The van der Waals surface area contributed by atoms with Crippen LogP contribution in [0.5, 0.6) is 0 Å². The Morgan fingerprint density at radius 3 is 2.67 bits per heavy atom. The van der Waals surface area contributed by atoms with E-state index in [1.807, 2.05) is 0 Å². The smallest absolute Gasteiger partial charge is 0.207 e. The molecule has 3 heteroatoms. The van der Waals surface area contributed by atoms with Crippen molar-refractivity contribution in [2.24, 2.45) is 11.3 Å². The van der Waals surface area contributed by atoms with Gasteiger partial charge in [0.05, 0.1) is 12.0 Å². The summed E-state index contributed by atoms with van der Waals surface area (Å²) in [5, 5.41) is 0. The van der Waals surface area contributed by atoms with Gasteiger partial charge in [0.1, 0.15) is 5.76 Å². The number of rotatable bonds is 0. The lowest BCUT2D eigenvalue weighted by Crippen LogP contribution is -2.36.